The van der Waals surface area contributed by atoms with E-state index in [0.717, 1.165) is 23.5 Å². The van der Waals surface area contributed by atoms with Crippen LogP contribution in [0.25, 0.3) is 11.3 Å². The number of benzene rings is 1. The second-order valence-corrected chi connectivity index (χ2v) is 6.56. The maximum atomic E-state index is 4.68. The number of allylic oxidation sites excluding steroid dienone is 4. The Morgan fingerprint density at radius 1 is 0.923 bits per heavy atom. The molecule has 0 spiro atoms. The Hall–Kier alpha value is -2.94. The highest BCUT2D eigenvalue weighted by molar-refractivity contribution is 6.16. The largest absolute Gasteiger partial charge is 0.339 e. The first-order valence-electron chi connectivity index (χ1n) is 9.33. The Balaban J connectivity index is 1.77. The molecule has 0 saturated heterocycles. The van der Waals surface area contributed by atoms with Crippen molar-refractivity contribution in [3.63, 3.8) is 0 Å². The van der Waals surface area contributed by atoms with Crippen molar-refractivity contribution in [2.45, 2.75) is 32.7 Å². The predicted molar refractivity (Wildman–Crippen MR) is 110 cm³/mol. The van der Waals surface area contributed by atoms with Gasteiger partial charge in [-0.05, 0) is 42.3 Å². The first-order chi connectivity index (χ1) is 12.9. The summed E-state index contributed by atoms with van der Waals surface area (Å²) in [6.07, 6.45) is 13.4. The average Bonchev–Trinajstić information content (AvgIpc) is 3.42. The van der Waals surface area contributed by atoms with Gasteiger partial charge in [0.15, 0.2) is 0 Å². The number of rotatable bonds is 6. The van der Waals surface area contributed by atoms with Crippen LogP contribution in [-0.4, -0.2) is 16.5 Å². The third-order valence-corrected chi connectivity index (χ3v) is 4.81. The normalized spacial score (nSPS) is 18.1. The molecular formula is C23H23N3. The third kappa shape index (κ3) is 3.13. The van der Waals surface area contributed by atoms with E-state index in [0.29, 0.717) is 0 Å². The van der Waals surface area contributed by atoms with Crippen molar-refractivity contribution >= 4 is 11.9 Å². The summed E-state index contributed by atoms with van der Waals surface area (Å²) in [7, 11) is 0. The molecule has 3 nitrogen and oxygen atoms in total. The second-order valence-electron chi connectivity index (χ2n) is 6.56. The Kier molecular flexibility index (Phi) is 4.78. The molecule has 0 atom stereocenters. The number of aromatic nitrogens is 1. The number of unbranched alkanes of at least 4 members (excludes halogenated alkanes) is 2. The van der Waals surface area contributed by atoms with Crippen LogP contribution in [0.15, 0.2) is 88.1 Å². The summed E-state index contributed by atoms with van der Waals surface area (Å²) in [5, 5.41) is 0. The van der Waals surface area contributed by atoms with Gasteiger partial charge in [0.1, 0.15) is 0 Å². The molecule has 0 saturated carbocycles. The van der Waals surface area contributed by atoms with Gasteiger partial charge in [-0.2, -0.15) is 0 Å². The lowest BCUT2D eigenvalue weighted by Crippen LogP contribution is -2.12. The van der Waals surface area contributed by atoms with Crippen LogP contribution in [-0.2, 0) is 6.54 Å². The zero-order chi connectivity index (χ0) is 17.8. The molecule has 26 heavy (non-hydrogen) atoms. The van der Waals surface area contributed by atoms with Crippen LogP contribution in [0.5, 0.6) is 0 Å². The maximum Gasteiger partial charge on any atom is 0.0961 e. The summed E-state index contributed by atoms with van der Waals surface area (Å²) in [6, 6.07) is 15.0. The molecule has 0 bridgehead atoms. The van der Waals surface area contributed by atoms with Crippen molar-refractivity contribution in [1.82, 2.24) is 4.57 Å². The third-order valence-electron chi connectivity index (χ3n) is 4.81. The van der Waals surface area contributed by atoms with Gasteiger partial charge in [0.2, 0.25) is 0 Å². The fourth-order valence-corrected chi connectivity index (χ4v) is 3.50. The molecule has 4 rings (SSSR count). The van der Waals surface area contributed by atoms with Crippen LogP contribution in [0.4, 0.5) is 0 Å². The van der Waals surface area contributed by atoms with Gasteiger partial charge in [0.25, 0.3) is 0 Å². The highest BCUT2D eigenvalue weighted by atomic mass is 15.0. The molecule has 0 aliphatic carbocycles. The van der Waals surface area contributed by atoms with E-state index in [9.17, 15) is 0 Å². The summed E-state index contributed by atoms with van der Waals surface area (Å²) in [6.45, 7) is 3.24. The second kappa shape index (κ2) is 7.52. The van der Waals surface area contributed by atoms with Gasteiger partial charge in [0, 0.05) is 30.2 Å². The molecule has 0 N–H and O–H groups in total. The molecule has 0 unspecified atom stereocenters. The molecule has 2 aromatic rings. The van der Waals surface area contributed by atoms with Crippen LogP contribution in [0, 0.1) is 0 Å². The van der Waals surface area contributed by atoms with Crippen LogP contribution in [0.2, 0.25) is 0 Å². The SMILES string of the molecule is CCCCCn1c(C2=NC=CC2=C2C=CC=N2)ccc1-c1ccccc1. The summed E-state index contributed by atoms with van der Waals surface area (Å²) >= 11 is 0. The number of hydrogen-bond acceptors (Lipinski definition) is 2. The molecule has 1 aromatic carbocycles. The number of hydrogen-bond donors (Lipinski definition) is 0. The van der Waals surface area contributed by atoms with E-state index in [1.54, 1.807) is 0 Å². The van der Waals surface area contributed by atoms with Gasteiger partial charge in [-0.3, -0.25) is 9.98 Å². The van der Waals surface area contributed by atoms with Crippen molar-refractivity contribution in [2.75, 3.05) is 0 Å². The van der Waals surface area contributed by atoms with E-state index in [2.05, 4.69) is 70.0 Å². The summed E-state index contributed by atoms with van der Waals surface area (Å²) in [5.74, 6) is 0. The topological polar surface area (TPSA) is 29.6 Å². The molecule has 1 aromatic heterocycles. The lowest BCUT2D eigenvalue weighted by atomic mass is 10.1. The lowest BCUT2D eigenvalue weighted by Gasteiger charge is -2.15. The van der Waals surface area contributed by atoms with Crippen LogP contribution < -0.4 is 0 Å². The van der Waals surface area contributed by atoms with Crippen LogP contribution >= 0.6 is 0 Å². The van der Waals surface area contributed by atoms with Gasteiger partial charge in [-0.15, -0.1) is 0 Å². The van der Waals surface area contributed by atoms with Gasteiger partial charge in [-0.25, -0.2) is 0 Å². The van der Waals surface area contributed by atoms with Gasteiger partial charge < -0.3 is 4.57 Å². The minimum Gasteiger partial charge on any atom is -0.339 e. The van der Waals surface area contributed by atoms with Crippen molar-refractivity contribution in [2.24, 2.45) is 9.98 Å². The van der Waals surface area contributed by atoms with Gasteiger partial charge >= 0.3 is 0 Å². The van der Waals surface area contributed by atoms with E-state index in [-0.39, 0.29) is 0 Å². The minimum atomic E-state index is 0.986. The Bertz CT molecular complexity index is 923. The first-order valence-corrected chi connectivity index (χ1v) is 9.33. The van der Waals surface area contributed by atoms with Crippen molar-refractivity contribution in [1.29, 1.82) is 0 Å². The Morgan fingerprint density at radius 2 is 1.77 bits per heavy atom. The quantitative estimate of drug-likeness (QED) is 0.616. The molecule has 0 amide bonds. The van der Waals surface area contributed by atoms with E-state index in [4.69, 9.17) is 0 Å². The monoisotopic (exact) mass is 341 g/mol. The van der Waals surface area contributed by atoms with Crippen LogP contribution in [0.3, 0.4) is 0 Å². The fourth-order valence-electron chi connectivity index (χ4n) is 3.50. The number of nitrogens with zero attached hydrogens (tertiary/aromatic N) is 3. The maximum absolute atomic E-state index is 4.68. The highest BCUT2D eigenvalue weighted by Crippen LogP contribution is 2.29. The lowest BCUT2D eigenvalue weighted by molar-refractivity contribution is 0.606. The summed E-state index contributed by atoms with van der Waals surface area (Å²) in [4.78, 5) is 9.14. The van der Waals surface area contributed by atoms with Crippen LogP contribution in [0.1, 0.15) is 31.9 Å². The molecule has 130 valence electrons. The minimum absolute atomic E-state index is 0.986. The zero-order valence-corrected chi connectivity index (χ0v) is 15.1. The smallest absolute Gasteiger partial charge is 0.0961 e. The van der Waals surface area contributed by atoms with E-state index in [1.165, 1.54) is 36.2 Å². The molecular weight excluding hydrogens is 318 g/mol. The van der Waals surface area contributed by atoms with E-state index in [1.807, 2.05) is 24.6 Å². The highest BCUT2D eigenvalue weighted by Gasteiger charge is 2.21. The zero-order valence-electron chi connectivity index (χ0n) is 15.1. The van der Waals surface area contributed by atoms with Crippen molar-refractivity contribution in [3.05, 3.63) is 83.9 Å². The molecule has 0 radical (unpaired) electrons. The Labute approximate surface area is 154 Å². The molecule has 0 fully saturated rings. The summed E-state index contributed by atoms with van der Waals surface area (Å²) in [5.41, 5.74) is 6.77. The molecule has 2 aliphatic rings. The molecule has 3 heteroatoms. The van der Waals surface area contributed by atoms with Crippen molar-refractivity contribution in [3.8, 4) is 11.3 Å². The van der Waals surface area contributed by atoms with Gasteiger partial charge in [-0.1, -0.05) is 50.1 Å². The number of aliphatic imine (C=N–C) groups is 2. The summed E-state index contributed by atoms with van der Waals surface area (Å²) < 4.78 is 2.42. The Morgan fingerprint density at radius 3 is 2.54 bits per heavy atom. The van der Waals surface area contributed by atoms with E-state index >= 15 is 0 Å². The van der Waals surface area contributed by atoms with E-state index < -0.39 is 0 Å². The standard InChI is InChI=1S/C23H23N3/c1-2-3-7-17-26-21(18-9-5-4-6-10-18)12-13-22(26)23-19(14-16-25-23)20-11-8-15-24-20/h4-6,8-16H,2-3,7,17H2,1H3. The average molecular weight is 341 g/mol. The predicted octanol–water partition coefficient (Wildman–Crippen LogP) is 5.56. The van der Waals surface area contributed by atoms with Crippen molar-refractivity contribution < 1.29 is 0 Å². The van der Waals surface area contributed by atoms with Gasteiger partial charge in [0.05, 0.1) is 17.1 Å². The first kappa shape index (κ1) is 16.5. The molecule has 3 heterocycles. The molecule has 2 aliphatic heterocycles. The fraction of sp³-hybridized carbons (Fsp3) is 0.217.